The molecule has 0 saturated heterocycles. The van der Waals surface area contributed by atoms with E-state index in [2.05, 4.69) is 10.2 Å². The van der Waals surface area contributed by atoms with Crippen molar-refractivity contribution in [3.63, 3.8) is 0 Å². The normalized spacial score (nSPS) is 12.4. The summed E-state index contributed by atoms with van der Waals surface area (Å²) in [6.07, 6.45) is 3.36. The van der Waals surface area contributed by atoms with Crippen molar-refractivity contribution in [2.24, 2.45) is 10.2 Å². The number of aliphatic hydroxyl groups excluding tert-OH is 1. The first-order valence-corrected chi connectivity index (χ1v) is 24.3. The Morgan fingerprint density at radius 2 is 1.24 bits per heavy atom. The topological polar surface area (TPSA) is 293 Å². The smallest absolute Gasteiger partial charge is 0.425 e. The Labute approximate surface area is 384 Å². The number of ether oxygens (including phenoxy) is 1. The molecule has 22 nitrogen and oxygen atoms in total. The van der Waals surface area contributed by atoms with Gasteiger partial charge in [-0.25, -0.2) is 0 Å². The summed E-state index contributed by atoms with van der Waals surface area (Å²) in [6.45, 7) is -0.330. The second-order valence-electron chi connectivity index (χ2n) is 14.7. The van der Waals surface area contributed by atoms with Crippen LogP contribution in [0.25, 0.3) is 67.1 Å². The summed E-state index contributed by atoms with van der Waals surface area (Å²) < 4.78 is 132. The summed E-state index contributed by atoms with van der Waals surface area (Å²) in [4.78, 5) is 3.29. The maximum atomic E-state index is 12.6. The minimum atomic E-state index is -4.57. The van der Waals surface area contributed by atoms with E-state index in [9.17, 15) is 31.0 Å². The quantitative estimate of drug-likeness (QED) is 0.0801. The predicted octanol–water partition coefficient (Wildman–Crippen LogP) is 6.03. The van der Waals surface area contributed by atoms with Crippen LogP contribution >= 0.6 is 0 Å². The van der Waals surface area contributed by atoms with E-state index in [-0.39, 0.29) is 16.4 Å². The van der Waals surface area contributed by atoms with E-state index in [1.807, 2.05) is 70.6 Å². The first kappa shape index (κ1) is 45.2. The number of azo groups is 1. The molecular formula is C42H30N8O14S4. The zero-order chi connectivity index (χ0) is 48.4. The van der Waals surface area contributed by atoms with Crippen LogP contribution in [-0.2, 0) is 48.1 Å². The Bertz CT molecular complexity index is 4270. The number of fused-ring (bicyclic) bond motifs is 12. The van der Waals surface area contributed by atoms with Crippen LogP contribution in [0, 0.1) is 0 Å². The van der Waals surface area contributed by atoms with E-state index < -0.39 is 41.5 Å². The van der Waals surface area contributed by atoms with E-state index in [0.29, 0.717) is 45.0 Å². The molecule has 68 heavy (non-hydrogen) atoms. The van der Waals surface area contributed by atoms with Gasteiger partial charge < -0.3 is 9.84 Å². The molecule has 0 amide bonds. The van der Waals surface area contributed by atoms with Gasteiger partial charge in [0, 0.05) is 22.4 Å². The molecule has 26 heteroatoms. The molecule has 3 N–H and O–H groups in total. The van der Waals surface area contributed by atoms with Gasteiger partial charge in [-0.3, -0.25) is 9.11 Å². The van der Waals surface area contributed by atoms with Crippen LogP contribution in [0.3, 0.4) is 0 Å². The maximum absolute atomic E-state index is 12.6. The van der Waals surface area contributed by atoms with Gasteiger partial charge >= 0.3 is 21.2 Å². The summed E-state index contributed by atoms with van der Waals surface area (Å²) in [7, 11) is -13.6. The molecule has 4 aromatic heterocycles. The minimum Gasteiger partial charge on any atom is -0.494 e. The Balaban J connectivity index is 0.000000672. The number of methoxy groups -OCH3 is 1. The molecule has 0 aliphatic rings. The zero-order valence-corrected chi connectivity index (χ0v) is 37.7. The summed E-state index contributed by atoms with van der Waals surface area (Å²) in [5, 5.41) is 22.8. The lowest BCUT2D eigenvalue weighted by atomic mass is 10.1. The van der Waals surface area contributed by atoms with Gasteiger partial charge in [0.2, 0.25) is 0 Å². The third-order valence-corrected chi connectivity index (χ3v) is 12.6. The van der Waals surface area contributed by atoms with Crippen molar-refractivity contribution in [2.45, 2.75) is 16.4 Å². The van der Waals surface area contributed by atoms with Crippen molar-refractivity contribution in [3.8, 4) is 17.1 Å². The molecule has 11 aromatic rings. The van der Waals surface area contributed by atoms with Crippen LogP contribution < -0.4 is 4.74 Å². The lowest BCUT2D eigenvalue weighted by molar-refractivity contribution is 0.282. The highest BCUT2D eigenvalue weighted by atomic mass is 32.2. The fourth-order valence-electron chi connectivity index (χ4n) is 7.90. The van der Waals surface area contributed by atoms with Crippen molar-refractivity contribution < 1.29 is 61.0 Å². The van der Waals surface area contributed by atoms with Gasteiger partial charge in [-0.15, -0.1) is 48.6 Å². The van der Waals surface area contributed by atoms with Crippen LogP contribution in [-0.4, -0.2) is 91.5 Å². The summed E-state index contributed by atoms with van der Waals surface area (Å²) in [5.74, 6) is 0.465. The van der Waals surface area contributed by atoms with Gasteiger partial charge in [0.15, 0.2) is 0 Å². The average Bonchev–Trinajstić information content (AvgIpc) is 4.15. The molecule has 4 heterocycles. The minimum absolute atomic E-state index is 0.188. The highest BCUT2D eigenvalue weighted by Gasteiger charge is 2.30. The highest BCUT2D eigenvalue weighted by molar-refractivity contribution is 7.86. The van der Waals surface area contributed by atoms with E-state index >= 15 is 0 Å². The molecule has 346 valence electrons. The Morgan fingerprint density at radius 1 is 0.618 bits per heavy atom. The molecule has 0 aliphatic heterocycles. The first-order valence-electron chi connectivity index (χ1n) is 19.4. The standard InChI is InChI=1S/C42H30N8O8S2.2O3S/c1-58-39-23-35(29(24-51)21-38(39)48-47-37-19-12-28-20-32(59(52,53)54)16-17-34(28)42(37)50(47)48)44-43-30-13-7-25(8-14-30)6-9-27-10-15-31(22-40(27)60(55,56)57)45-46-36-18-11-26-4-2-3-5-33(26)41(36)49(45)46;2*1-4(2)3/h2-23,51H,24H2,1H3,(H,52,53,54)(H,55,56,57);;. The monoisotopic (exact) mass is 998 g/mol. The summed E-state index contributed by atoms with van der Waals surface area (Å²) in [6, 6.07) is 35.6. The van der Waals surface area contributed by atoms with E-state index in [1.165, 1.54) is 25.3 Å². The molecule has 0 aliphatic carbocycles. The molecular weight excluding hydrogens is 969 g/mol. The van der Waals surface area contributed by atoms with Gasteiger partial charge in [-0.1, -0.05) is 72.8 Å². The second-order valence-corrected chi connectivity index (χ2v) is 18.4. The molecule has 0 unspecified atom stereocenters. The Kier molecular flexibility index (Phi) is 11.3. The fourth-order valence-corrected chi connectivity index (χ4v) is 9.12. The van der Waals surface area contributed by atoms with Crippen LogP contribution in [0.1, 0.15) is 16.7 Å². The number of hydrogen-bond acceptors (Lipinski definition) is 14. The maximum Gasteiger partial charge on any atom is 0.425 e. The van der Waals surface area contributed by atoms with Gasteiger partial charge in [0.25, 0.3) is 20.2 Å². The van der Waals surface area contributed by atoms with Crippen molar-refractivity contribution in [1.29, 1.82) is 0 Å². The number of hydrogen-bond donors (Lipinski definition) is 3. The van der Waals surface area contributed by atoms with Crippen LogP contribution in [0.15, 0.2) is 141 Å². The molecule has 7 aromatic carbocycles. The van der Waals surface area contributed by atoms with Gasteiger partial charge in [0.1, 0.15) is 38.4 Å². The summed E-state index contributed by atoms with van der Waals surface area (Å²) >= 11 is 0. The van der Waals surface area contributed by atoms with Crippen LogP contribution in [0.4, 0.5) is 11.4 Å². The molecule has 0 radical (unpaired) electrons. The third kappa shape index (κ3) is 8.27. The van der Waals surface area contributed by atoms with E-state index in [1.54, 1.807) is 72.8 Å². The van der Waals surface area contributed by atoms with Gasteiger partial charge in [-0.2, -0.15) is 31.9 Å². The van der Waals surface area contributed by atoms with Crippen molar-refractivity contribution in [3.05, 3.63) is 138 Å². The highest BCUT2D eigenvalue weighted by Crippen LogP contribution is 2.39. The lowest BCUT2D eigenvalue weighted by Gasteiger charge is -2.09. The average molecular weight is 999 g/mol. The van der Waals surface area contributed by atoms with Crippen molar-refractivity contribution in [1.82, 2.24) is 28.1 Å². The molecule has 0 spiro atoms. The number of aromatic nitrogens is 6. The predicted molar refractivity (Wildman–Crippen MR) is 244 cm³/mol. The fraction of sp³-hybridized carbons (Fsp3) is 0.0476. The lowest BCUT2D eigenvalue weighted by Crippen LogP contribution is -2.02. The number of benzene rings is 7. The van der Waals surface area contributed by atoms with Crippen LogP contribution in [0.5, 0.6) is 5.75 Å². The number of nitrogens with zero attached hydrogens (tertiary/aromatic N) is 8. The Hall–Kier alpha value is -7.98. The molecule has 0 fully saturated rings. The third-order valence-electron chi connectivity index (χ3n) is 10.9. The van der Waals surface area contributed by atoms with E-state index in [0.717, 1.165) is 43.8 Å². The molecule has 0 atom stereocenters. The largest absolute Gasteiger partial charge is 0.494 e. The first-order chi connectivity index (χ1) is 32.4. The zero-order valence-electron chi connectivity index (χ0n) is 34.5. The SMILES string of the molecule is COc1cc(N=Nc2ccc(C=Cc3ccc(-n4n5c6ccc7ccccc7c6n45)cc3S(=O)(=O)O)cc2)c(CO)cc1-n1n2c3ccc4cc(S(=O)(=O)O)ccc4c3n12.O=S(=O)=O.O=S(=O)=O. The van der Waals surface area contributed by atoms with Gasteiger partial charge in [-0.05, 0) is 76.5 Å². The van der Waals surface area contributed by atoms with Crippen LogP contribution in [0.2, 0.25) is 0 Å². The summed E-state index contributed by atoms with van der Waals surface area (Å²) in [5.41, 5.74) is 7.44. The number of aliphatic hydroxyl groups is 1. The Morgan fingerprint density at radius 3 is 1.87 bits per heavy atom. The van der Waals surface area contributed by atoms with Crippen molar-refractivity contribution >= 4 is 109 Å². The molecule has 0 saturated carbocycles. The van der Waals surface area contributed by atoms with Gasteiger partial charge in [0.05, 0.1) is 35.7 Å². The van der Waals surface area contributed by atoms with E-state index in [4.69, 9.17) is 30.0 Å². The number of rotatable bonds is 10. The van der Waals surface area contributed by atoms with Crippen molar-refractivity contribution in [2.75, 3.05) is 7.11 Å². The second kappa shape index (κ2) is 17.0. The molecule has 11 rings (SSSR count). The molecule has 0 bridgehead atoms.